The standard InChI is InChI=1S/C17H15ClN2O6/c1-11(26-13-5-3-2-4-6-13)17(22)25-10-16(21)19-14-8-7-12(18)9-15(14)20(23)24/h2-9,11H,10H2,1H3,(H,19,21)/t11-/m0/s1. The van der Waals surface area contributed by atoms with Gasteiger partial charge in [0.1, 0.15) is 11.4 Å². The lowest BCUT2D eigenvalue weighted by atomic mass is 10.2. The van der Waals surface area contributed by atoms with Crippen molar-refractivity contribution in [1.29, 1.82) is 0 Å². The number of hydrogen-bond acceptors (Lipinski definition) is 6. The van der Waals surface area contributed by atoms with Gasteiger partial charge in [-0.2, -0.15) is 0 Å². The van der Waals surface area contributed by atoms with Gasteiger partial charge in [0.25, 0.3) is 11.6 Å². The van der Waals surface area contributed by atoms with Gasteiger partial charge in [-0.3, -0.25) is 14.9 Å². The Morgan fingerprint density at radius 2 is 1.92 bits per heavy atom. The highest BCUT2D eigenvalue weighted by molar-refractivity contribution is 6.31. The van der Waals surface area contributed by atoms with Crippen LogP contribution < -0.4 is 10.1 Å². The van der Waals surface area contributed by atoms with E-state index in [2.05, 4.69) is 5.32 Å². The van der Waals surface area contributed by atoms with Crippen molar-refractivity contribution < 1.29 is 24.0 Å². The molecule has 2 rings (SSSR count). The van der Waals surface area contributed by atoms with E-state index in [9.17, 15) is 19.7 Å². The molecule has 26 heavy (non-hydrogen) atoms. The highest BCUT2D eigenvalue weighted by Gasteiger charge is 2.20. The predicted octanol–water partition coefficient (Wildman–Crippen LogP) is 3.20. The van der Waals surface area contributed by atoms with E-state index in [4.69, 9.17) is 21.1 Å². The monoisotopic (exact) mass is 378 g/mol. The highest BCUT2D eigenvalue weighted by atomic mass is 35.5. The lowest BCUT2D eigenvalue weighted by Gasteiger charge is -2.13. The number of para-hydroxylation sites is 1. The zero-order valence-corrected chi connectivity index (χ0v) is 14.4. The molecule has 1 N–H and O–H groups in total. The Kier molecular flexibility index (Phi) is 6.51. The van der Waals surface area contributed by atoms with Gasteiger partial charge in [-0.05, 0) is 31.2 Å². The number of esters is 1. The lowest BCUT2D eigenvalue weighted by Crippen LogP contribution is -2.29. The van der Waals surface area contributed by atoms with Gasteiger partial charge in [-0.15, -0.1) is 0 Å². The molecule has 0 saturated heterocycles. The number of halogens is 1. The Balaban J connectivity index is 1.88. The number of carbonyl (C=O) groups is 2. The molecule has 0 unspecified atom stereocenters. The first kappa shape index (κ1) is 19.2. The summed E-state index contributed by atoms with van der Waals surface area (Å²) in [6, 6.07) is 12.5. The van der Waals surface area contributed by atoms with Gasteiger partial charge in [0.2, 0.25) is 0 Å². The Labute approximate surface area is 153 Å². The van der Waals surface area contributed by atoms with Crippen LogP contribution in [0.15, 0.2) is 48.5 Å². The minimum atomic E-state index is -0.921. The first-order valence-corrected chi connectivity index (χ1v) is 7.86. The molecule has 0 aliphatic heterocycles. The summed E-state index contributed by atoms with van der Waals surface area (Å²) in [5.41, 5.74) is -0.410. The van der Waals surface area contributed by atoms with E-state index in [0.717, 1.165) is 6.07 Å². The highest BCUT2D eigenvalue weighted by Crippen LogP contribution is 2.27. The number of benzene rings is 2. The maximum absolute atomic E-state index is 11.9. The largest absolute Gasteiger partial charge is 0.479 e. The van der Waals surface area contributed by atoms with Crippen LogP contribution >= 0.6 is 11.6 Å². The van der Waals surface area contributed by atoms with Crippen molar-refractivity contribution in [3.05, 3.63) is 63.7 Å². The number of carbonyl (C=O) groups excluding carboxylic acids is 2. The third kappa shape index (κ3) is 5.45. The number of nitro benzene ring substituents is 1. The zero-order valence-electron chi connectivity index (χ0n) is 13.7. The zero-order chi connectivity index (χ0) is 19.1. The topological polar surface area (TPSA) is 108 Å². The molecule has 1 atom stereocenters. The van der Waals surface area contributed by atoms with Crippen LogP contribution in [0.25, 0.3) is 0 Å². The summed E-state index contributed by atoms with van der Waals surface area (Å²) < 4.78 is 10.2. The summed E-state index contributed by atoms with van der Waals surface area (Å²) in [7, 11) is 0. The molecule has 8 nitrogen and oxygen atoms in total. The van der Waals surface area contributed by atoms with Gasteiger partial charge in [0.15, 0.2) is 12.7 Å². The van der Waals surface area contributed by atoms with Gasteiger partial charge < -0.3 is 14.8 Å². The van der Waals surface area contributed by atoms with Gasteiger partial charge in [0, 0.05) is 11.1 Å². The van der Waals surface area contributed by atoms with Gasteiger partial charge in [-0.25, -0.2) is 4.79 Å². The Morgan fingerprint density at radius 1 is 1.23 bits per heavy atom. The smallest absolute Gasteiger partial charge is 0.347 e. The molecule has 0 radical (unpaired) electrons. The van der Waals surface area contributed by atoms with Crippen LogP contribution in [0.2, 0.25) is 5.02 Å². The fourth-order valence-corrected chi connectivity index (χ4v) is 2.12. The van der Waals surface area contributed by atoms with Crippen LogP contribution in [0.1, 0.15) is 6.92 Å². The van der Waals surface area contributed by atoms with Crippen LogP contribution in [0, 0.1) is 10.1 Å². The van der Waals surface area contributed by atoms with Crippen molar-refractivity contribution in [3.63, 3.8) is 0 Å². The predicted molar refractivity (Wildman–Crippen MR) is 94.2 cm³/mol. The number of rotatable bonds is 7. The normalized spacial score (nSPS) is 11.3. The van der Waals surface area contributed by atoms with Crippen molar-refractivity contribution in [2.75, 3.05) is 11.9 Å². The number of amides is 1. The summed E-state index contributed by atoms with van der Waals surface area (Å²) >= 11 is 5.70. The second-order valence-corrected chi connectivity index (χ2v) is 5.58. The molecule has 2 aromatic carbocycles. The van der Waals surface area contributed by atoms with Crippen molar-refractivity contribution >= 4 is 34.9 Å². The molecule has 0 aliphatic carbocycles. The first-order valence-electron chi connectivity index (χ1n) is 7.49. The van der Waals surface area contributed by atoms with Crippen LogP contribution in [0.5, 0.6) is 5.75 Å². The van der Waals surface area contributed by atoms with Crippen molar-refractivity contribution in [2.45, 2.75) is 13.0 Å². The molecule has 0 heterocycles. The Morgan fingerprint density at radius 3 is 2.58 bits per heavy atom. The molecule has 1 amide bonds. The van der Waals surface area contributed by atoms with Crippen LogP contribution in [0.3, 0.4) is 0 Å². The van der Waals surface area contributed by atoms with E-state index in [0.29, 0.717) is 5.75 Å². The number of nitro groups is 1. The number of ether oxygens (including phenoxy) is 2. The van der Waals surface area contributed by atoms with E-state index >= 15 is 0 Å². The van der Waals surface area contributed by atoms with Gasteiger partial charge in [-0.1, -0.05) is 29.8 Å². The minimum Gasteiger partial charge on any atom is -0.479 e. The maximum atomic E-state index is 11.9. The van der Waals surface area contributed by atoms with Gasteiger partial charge in [0.05, 0.1) is 4.92 Å². The lowest BCUT2D eigenvalue weighted by molar-refractivity contribution is -0.383. The minimum absolute atomic E-state index is 0.0472. The number of anilines is 1. The first-order chi connectivity index (χ1) is 12.4. The van der Waals surface area contributed by atoms with Crippen LogP contribution in [0.4, 0.5) is 11.4 Å². The van der Waals surface area contributed by atoms with E-state index in [1.165, 1.54) is 19.1 Å². The molecule has 0 aliphatic rings. The molecule has 136 valence electrons. The molecule has 2 aromatic rings. The molecule has 0 saturated carbocycles. The van der Waals surface area contributed by atoms with E-state index in [-0.39, 0.29) is 16.4 Å². The second kappa shape index (κ2) is 8.82. The van der Waals surface area contributed by atoms with Crippen LogP contribution in [-0.4, -0.2) is 29.5 Å². The molecule has 0 aromatic heterocycles. The second-order valence-electron chi connectivity index (χ2n) is 5.15. The number of hydrogen-bond donors (Lipinski definition) is 1. The molecular weight excluding hydrogens is 364 g/mol. The molecule has 0 spiro atoms. The van der Waals surface area contributed by atoms with Gasteiger partial charge >= 0.3 is 5.97 Å². The number of nitrogens with one attached hydrogen (secondary N) is 1. The van der Waals surface area contributed by atoms with Crippen molar-refractivity contribution in [3.8, 4) is 5.75 Å². The quantitative estimate of drug-likeness (QED) is 0.450. The summed E-state index contributed by atoms with van der Waals surface area (Å²) in [6.45, 7) is 0.873. The van der Waals surface area contributed by atoms with Crippen LogP contribution in [-0.2, 0) is 14.3 Å². The summed E-state index contributed by atoms with van der Waals surface area (Å²) in [5.74, 6) is -0.983. The summed E-state index contributed by atoms with van der Waals surface area (Å²) in [6.07, 6.45) is -0.921. The van der Waals surface area contributed by atoms with E-state index in [1.807, 2.05) is 0 Å². The fourth-order valence-electron chi connectivity index (χ4n) is 1.95. The Hall–Kier alpha value is -3.13. The molecule has 0 fully saturated rings. The molecule has 9 heteroatoms. The molecule has 0 bridgehead atoms. The average molecular weight is 379 g/mol. The average Bonchev–Trinajstić information content (AvgIpc) is 2.61. The maximum Gasteiger partial charge on any atom is 0.347 e. The molecular formula is C17H15ClN2O6. The fraction of sp³-hybridized carbons (Fsp3) is 0.176. The summed E-state index contributed by atoms with van der Waals surface area (Å²) in [4.78, 5) is 34.0. The third-order valence-electron chi connectivity index (χ3n) is 3.16. The third-order valence-corrected chi connectivity index (χ3v) is 3.40. The summed E-state index contributed by atoms with van der Waals surface area (Å²) in [5, 5.41) is 13.4. The van der Waals surface area contributed by atoms with Crippen molar-refractivity contribution in [2.24, 2.45) is 0 Å². The number of nitrogens with zero attached hydrogens (tertiary/aromatic N) is 1. The van der Waals surface area contributed by atoms with E-state index in [1.54, 1.807) is 30.3 Å². The SMILES string of the molecule is C[C@H](Oc1ccccc1)C(=O)OCC(=O)Nc1ccc(Cl)cc1[N+](=O)[O-]. The Bertz CT molecular complexity index is 812. The van der Waals surface area contributed by atoms with Crippen molar-refractivity contribution in [1.82, 2.24) is 0 Å². The van der Waals surface area contributed by atoms with E-state index < -0.39 is 29.5 Å².